The molecule has 0 bridgehead atoms. The number of amides is 2. The van der Waals surface area contributed by atoms with Crippen molar-refractivity contribution in [1.82, 2.24) is 10.2 Å². The Labute approximate surface area is 115 Å². The van der Waals surface area contributed by atoms with Gasteiger partial charge in [-0.2, -0.15) is 0 Å². The molecule has 19 heavy (non-hydrogen) atoms. The first-order chi connectivity index (χ1) is 9.09. The predicted octanol–water partition coefficient (Wildman–Crippen LogP) is 1.26. The fraction of sp³-hybridized carbons (Fsp3) is 0.385. The number of nitrogens with zero attached hydrogens (tertiary/aromatic N) is 1. The van der Waals surface area contributed by atoms with Crippen molar-refractivity contribution < 1.29 is 14.0 Å². The number of hydrogen-bond donors (Lipinski definition) is 1. The van der Waals surface area contributed by atoms with Crippen LogP contribution in [0.3, 0.4) is 0 Å². The first kappa shape index (κ1) is 13.9. The standard InChI is InChI=1S/C13H15FN2O2S/c1-9-13(18)15-6-7-16(9)12(17)8-19-11-5-3-2-4-10(11)14/h2-5,9H,6-8H2,1H3,(H,15,18). The van der Waals surface area contributed by atoms with Crippen LogP contribution in [0.2, 0.25) is 0 Å². The molecule has 1 aromatic carbocycles. The van der Waals surface area contributed by atoms with Crippen LogP contribution in [-0.2, 0) is 9.59 Å². The van der Waals surface area contributed by atoms with Gasteiger partial charge in [-0.25, -0.2) is 4.39 Å². The van der Waals surface area contributed by atoms with E-state index in [9.17, 15) is 14.0 Å². The Balaban J connectivity index is 1.94. The van der Waals surface area contributed by atoms with E-state index in [0.717, 1.165) is 11.8 Å². The van der Waals surface area contributed by atoms with E-state index in [2.05, 4.69) is 5.32 Å². The van der Waals surface area contributed by atoms with Gasteiger partial charge in [-0.1, -0.05) is 12.1 Å². The zero-order valence-electron chi connectivity index (χ0n) is 10.6. The summed E-state index contributed by atoms with van der Waals surface area (Å²) in [6.45, 7) is 2.67. The summed E-state index contributed by atoms with van der Waals surface area (Å²) < 4.78 is 13.4. The molecule has 1 aliphatic rings. The third-order valence-corrected chi connectivity index (χ3v) is 4.04. The SMILES string of the molecule is CC1C(=O)NCCN1C(=O)CSc1ccccc1F. The van der Waals surface area contributed by atoms with Crippen molar-refractivity contribution in [2.24, 2.45) is 0 Å². The fourth-order valence-electron chi connectivity index (χ4n) is 1.91. The van der Waals surface area contributed by atoms with Crippen molar-refractivity contribution in [2.45, 2.75) is 17.9 Å². The maximum absolute atomic E-state index is 13.4. The van der Waals surface area contributed by atoms with Gasteiger partial charge in [0.2, 0.25) is 11.8 Å². The monoisotopic (exact) mass is 282 g/mol. The molecular formula is C13H15FN2O2S. The van der Waals surface area contributed by atoms with Gasteiger partial charge in [-0.15, -0.1) is 11.8 Å². The predicted molar refractivity (Wildman–Crippen MR) is 71.3 cm³/mol. The van der Waals surface area contributed by atoms with E-state index in [1.807, 2.05) is 0 Å². The average Bonchev–Trinajstić information content (AvgIpc) is 2.40. The van der Waals surface area contributed by atoms with Crippen LogP contribution in [0.5, 0.6) is 0 Å². The van der Waals surface area contributed by atoms with E-state index < -0.39 is 6.04 Å². The highest BCUT2D eigenvalue weighted by Crippen LogP contribution is 2.22. The van der Waals surface area contributed by atoms with Gasteiger partial charge in [0, 0.05) is 18.0 Å². The second-order valence-corrected chi connectivity index (χ2v) is 5.29. The number of carbonyl (C=O) groups is 2. The van der Waals surface area contributed by atoms with Crippen LogP contribution in [0.1, 0.15) is 6.92 Å². The number of thioether (sulfide) groups is 1. The fourth-order valence-corrected chi connectivity index (χ4v) is 2.73. The maximum atomic E-state index is 13.4. The van der Waals surface area contributed by atoms with Crippen LogP contribution >= 0.6 is 11.8 Å². The largest absolute Gasteiger partial charge is 0.353 e. The number of piperazine rings is 1. The van der Waals surface area contributed by atoms with E-state index in [4.69, 9.17) is 0 Å². The minimum absolute atomic E-state index is 0.137. The van der Waals surface area contributed by atoms with Crippen LogP contribution in [0.15, 0.2) is 29.2 Å². The summed E-state index contributed by atoms with van der Waals surface area (Å²) >= 11 is 1.15. The molecular weight excluding hydrogens is 267 g/mol. The number of halogens is 1. The third kappa shape index (κ3) is 3.26. The van der Waals surface area contributed by atoms with Crippen LogP contribution in [-0.4, -0.2) is 41.6 Å². The molecule has 1 atom stereocenters. The lowest BCUT2D eigenvalue weighted by molar-refractivity contribution is -0.140. The van der Waals surface area contributed by atoms with Gasteiger partial charge in [-0.3, -0.25) is 9.59 Å². The normalized spacial score (nSPS) is 19.2. The summed E-state index contributed by atoms with van der Waals surface area (Å²) in [6, 6.07) is 5.89. The number of rotatable bonds is 3. The van der Waals surface area contributed by atoms with Crippen molar-refractivity contribution in [1.29, 1.82) is 0 Å². The summed E-state index contributed by atoms with van der Waals surface area (Å²) in [5.41, 5.74) is 0. The Hall–Kier alpha value is -1.56. The minimum Gasteiger partial charge on any atom is -0.353 e. The van der Waals surface area contributed by atoms with Gasteiger partial charge in [-0.05, 0) is 19.1 Å². The molecule has 1 heterocycles. The molecule has 0 aliphatic carbocycles. The minimum atomic E-state index is -0.456. The van der Waals surface area contributed by atoms with Gasteiger partial charge in [0.25, 0.3) is 0 Å². The second kappa shape index (κ2) is 6.06. The van der Waals surface area contributed by atoms with Gasteiger partial charge in [0.05, 0.1) is 5.75 Å². The molecule has 1 aromatic rings. The highest BCUT2D eigenvalue weighted by Gasteiger charge is 2.28. The summed E-state index contributed by atoms with van der Waals surface area (Å²) in [5.74, 6) is -0.478. The Morgan fingerprint density at radius 2 is 2.26 bits per heavy atom. The molecule has 0 saturated carbocycles. The first-order valence-electron chi connectivity index (χ1n) is 6.04. The van der Waals surface area contributed by atoms with E-state index in [-0.39, 0.29) is 23.4 Å². The van der Waals surface area contributed by atoms with Crippen molar-refractivity contribution in [3.63, 3.8) is 0 Å². The molecule has 1 saturated heterocycles. The molecule has 6 heteroatoms. The number of benzene rings is 1. The summed E-state index contributed by atoms with van der Waals surface area (Å²) in [5, 5.41) is 2.70. The molecule has 1 unspecified atom stereocenters. The Kier molecular flexibility index (Phi) is 4.42. The average molecular weight is 282 g/mol. The lowest BCUT2D eigenvalue weighted by atomic mass is 10.2. The molecule has 0 aromatic heterocycles. The molecule has 2 rings (SSSR count). The van der Waals surface area contributed by atoms with E-state index >= 15 is 0 Å². The van der Waals surface area contributed by atoms with E-state index in [1.165, 1.54) is 11.0 Å². The molecule has 1 N–H and O–H groups in total. The zero-order valence-corrected chi connectivity index (χ0v) is 11.4. The molecule has 0 radical (unpaired) electrons. The van der Waals surface area contributed by atoms with Gasteiger partial charge in [0.1, 0.15) is 11.9 Å². The zero-order chi connectivity index (χ0) is 13.8. The maximum Gasteiger partial charge on any atom is 0.242 e. The van der Waals surface area contributed by atoms with Crippen molar-refractivity contribution >= 4 is 23.6 Å². The topological polar surface area (TPSA) is 49.4 Å². The van der Waals surface area contributed by atoms with E-state index in [1.54, 1.807) is 25.1 Å². The van der Waals surface area contributed by atoms with Gasteiger partial charge >= 0.3 is 0 Å². The Morgan fingerprint density at radius 3 is 3.00 bits per heavy atom. The van der Waals surface area contributed by atoms with Crippen LogP contribution in [0.4, 0.5) is 4.39 Å². The summed E-state index contributed by atoms with van der Waals surface area (Å²) in [6.07, 6.45) is 0. The second-order valence-electron chi connectivity index (χ2n) is 4.27. The molecule has 2 amide bonds. The van der Waals surface area contributed by atoms with Crippen molar-refractivity contribution in [2.75, 3.05) is 18.8 Å². The molecule has 0 spiro atoms. The number of hydrogen-bond acceptors (Lipinski definition) is 3. The molecule has 102 valence electrons. The highest BCUT2D eigenvalue weighted by atomic mass is 32.2. The van der Waals surface area contributed by atoms with Crippen LogP contribution in [0.25, 0.3) is 0 Å². The number of carbonyl (C=O) groups excluding carboxylic acids is 2. The highest BCUT2D eigenvalue weighted by molar-refractivity contribution is 8.00. The van der Waals surface area contributed by atoms with Gasteiger partial charge < -0.3 is 10.2 Å². The first-order valence-corrected chi connectivity index (χ1v) is 7.02. The van der Waals surface area contributed by atoms with Crippen LogP contribution < -0.4 is 5.32 Å². The van der Waals surface area contributed by atoms with E-state index in [0.29, 0.717) is 18.0 Å². The van der Waals surface area contributed by atoms with Gasteiger partial charge in [0.15, 0.2) is 0 Å². The Morgan fingerprint density at radius 1 is 1.53 bits per heavy atom. The smallest absolute Gasteiger partial charge is 0.242 e. The van der Waals surface area contributed by atoms with Crippen molar-refractivity contribution in [3.8, 4) is 0 Å². The lowest BCUT2D eigenvalue weighted by Gasteiger charge is -2.32. The summed E-state index contributed by atoms with van der Waals surface area (Å²) in [4.78, 5) is 25.5. The van der Waals surface area contributed by atoms with Crippen molar-refractivity contribution in [3.05, 3.63) is 30.1 Å². The Bertz CT molecular complexity index is 495. The quantitative estimate of drug-likeness (QED) is 0.849. The third-order valence-electron chi connectivity index (χ3n) is 3.01. The summed E-state index contributed by atoms with van der Waals surface area (Å²) in [7, 11) is 0. The molecule has 4 nitrogen and oxygen atoms in total. The van der Waals surface area contributed by atoms with Crippen LogP contribution in [0, 0.1) is 5.82 Å². The number of nitrogens with one attached hydrogen (secondary N) is 1. The lowest BCUT2D eigenvalue weighted by Crippen LogP contribution is -2.56. The molecule has 1 aliphatic heterocycles. The molecule has 1 fully saturated rings.